The minimum atomic E-state index is 0.305. The summed E-state index contributed by atoms with van der Waals surface area (Å²) >= 11 is 7.68. The number of aromatic nitrogens is 2. The second kappa shape index (κ2) is 6.90. The quantitative estimate of drug-likeness (QED) is 0.585. The maximum absolute atomic E-state index is 6.00. The van der Waals surface area contributed by atoms with Gasteiger partial charge in [-0.2, -0.15) is 0 Å². The molecule has 1 aliphatic carbocycles. The summed E-state index contributed by atoms with van der Waals surface area (Å²) in [7, 11) is 0. The third-order valence-electron chi connectivity index (χ3n) is 3.57. The lowest BCUT2D eigenvalue weighted by atomic mass is 10.3. The van der Waals surface area contributed by atoms with Gasteiger partial charge >= 0.3 is 0 Å². The van der Waals surface area contributed by atoms with Crippen molar-refractivity contribution in [3.8, 4) is 0 Å². The van der Waals surface area contributed by atoms with E-state index in [1.54, 1.807) is 11.3 Å². The summed E-state index contributed by atoms with van der Waals surface area (Å²) in [6.07, 6.45) is 4.66. The molecule has 0 aromatic carbocycles. The van der Waals surface area contributed by atoms with Gasteiger partial charge in [-0.3, -0.25) is 0 Å². The molecule has 0 radical (unpaired) electrons. The molecule has 1 N–H and O–H groups in total. The summed E-state index contributed by atoms with van der Waals surface area (Å²) < 4.78 is 5.63. The van der Waals surface area contributed by atoms with Crippen molar-refractivity contribution >= 4 is 39.0 Å². The van der Waals surface area contributed by atoms with Crippen LogP contribution in [0, 0.1) is 5.92 Å². The van der Waals surface area contributed by atoms with Crippen LogP contribution in [0.2, 0.25) is 5.28 Å². The lowest BCUT2D eigenvalue weighted by molar-refractivity contribution is 0.124. The normalized spacial score (nSPS) is 14.8. The minimum Gasteiger partial charge on any atom is -0.381 e. The molecule has 0 atom stereocenters. The first-order valence-electron chi connectivity index (χ1n) is 7.54. The van der Waals surface area contributed by atoms with E-state index >= 15 is 0 Å². The lowest BCUT2D eigenvalue weighted by Crippen LogP contribution is -2.08. The van der Waals surface area contributed by atoms with Gasteiger partial charge in [0.05, 0.1) is 5.39 Å². The Morgan fingerprint density at radius 3 is 3.05 bits per heavy atom. The molecule has 2 heterocycles. The first-order chi connectivity index (χ1) is 10.3. The number of aryl methyl sites for hydroxylation is 1. The van der Waals surface area contributed by atoms with E-state index < -0.39 is 0 Å². The van der Waals surface area contributed by atoms with E-state index in [-0.39, 0.29) is 0 Å². The van der Waals surface area contributed by atoms with Crippen molar-refractivity contribution in [2.45, 2.75) is 32.6 Å². The van der Waals surface area contributed by atoms with Crippen molar-refractivity contribution in [1.29, 1.82) is 0 Å². The molecular formula is C15H20ClN3OS. The van der Waals surface area contributed by atoms with Crippen molar-refractivity contribution in [2.24, 2.45) is 5.92 Å². The first-order valence-corrected chi connectivity index (χ1v) is 8.73. The van der Waals surface area contributed by atoms with Crippen LogP contribution < -0.4 is 5.32 Å². The molecular weight excluding hydrogens is 306 g/mol. The van der Waals surface area contributed by atoms with Gasteiger partial charge in [0.1, 0.15) is 10.6 Å². The number of nitrogens with zero attached hydrogens (tertiary/aromatic N) is 2. The van der Waals surface area contributed by atoms with E-state index in [1.807, 2.05) is 0 Å². The van der Waals surface area contributed by atoms with Gasteiger partial charge in [-0.15, -0.1) is 11.3 Å². The highest BCUT2D eigenvalue weighted by molar-refractivity contribution is 7.18. The molecule has 0 amide bonds. The third kappa shape index (κ3) is 4.05. The van der Waals surface area contributed by atoms with Crippen LogP contribution in [0.25, 0.3) is 10.2 Å². The van der Waals surface area contributed by atoms with Crippen LogP contribution in [-0.2, 0) is 11.2 Å². The number of rotatable bonds is 8. The highest BCUT2D eigenvalue weighted by Crippen LogP contribution is 2.30. The highest BCUT2D eigenvalue weighted by Gasteiger charge is 2.20. The van der Waals surface area contributed by atoms with Crippen LogP contribution in [0.4, 0.5) is 5.82 Å². The number of hydrogen-bond acceptors (Lipinski definition) is 5. The van der Waals surface area contributed by atoms with E-state index in [4.69, 9.17) is 16.3 Å². The summed E-state index contributed by atoms with van der Waals surface area (Å²) in [5.41, 5.74) is 0. The van der Waals surface area contributed by atoms with Gasteiger partial charge in [-0.1, -0.05) is 6.92 Å². The van der Waals surface area contributed by atoms with Gasteiger partial charge in [0.15, 0.2) is 0 Å². The number of halogens is 1. The fourth-order valence-electron chi connectivity index (χ4n) is 2.17. The van der Waals surface area contributed by atoms with Crippen molar-refractivity contribution in [1.82, 2.24) is 9.97 Å². The van der Waals surface area contributed by atoms with Crippen LogP contribution in [0.15, 0.2) is 6.07 Å². The Hall–Kier alpha value is -0.910. The maximum atomic E-state index is 6.00. The zero-order valence-corrected chi connectivity index (χ0v) is 13.8. The molecule has 1 saturated carbocycles. The molecule has 1 aliphatic rings. The van der Waals surface area contributed by atoms with Gasteiger partial charge in [0.2, 0.25) is 5.28 Å². The van der Waals surface area contributed by atoms with Gasteiger partial charge < -0.3 is 10.1 Å². The van der Waals surface area contributed by atoms with Crippen molar-refractivity contribution in [3.05, 3.63) is 16.2 Å². The molecule has 1 fully saturated rings. The van der Waals surface area contributed by atoms with Crippen molar-refractivity contribution in [3.63, 3.8) is 0 Å². The Morgan fingerprint density at radius 2 is 2.29 bits per heavy atom. The predicted molar refractivity (Wildman–Crippen MR) is 88.5 cm³/mol. The second-order valence-electron chi connectivity index (χ2n) is 5.42. The van der Waals surface area contributed by atoms with Crippen LogP contribution >= 0.6 is 22.9 Å². The molecule has 0 saturated heterocycles. The van der Waals surface area contributed by atoms with Crippen LogP contribution in [0.1, 0.15) is 31.1 Å². The topological polar surface area (TPSA) is 47.0 Å². The molecule has 0 unspecified atom stereocenters. The van der Waals surface area contributed by atoms with E-state index in [0.29, 0.717) is 5.28 Å². The minimum absolute atomic E-state index is 0.305. The average molecular weight is 326 g/mol. The van der Waals surface area contributed by atoms with Crippen LogP contribution in [0.3, 0.4) is 0 Å². The number of anilines is 1. The van der Waals surface area contributed by atoms with Crippen LogP contribution in [0.5, 0.6) is 0 Å². The van der Waals surface area contributed by atoms with E-state index in [1.165, 1.54) is 17.7 Å². The molecule has 21 heavy (non-hydrogen) atoms. The second-order valence-corrected chi connectivity index (χ2v) is 6.88. The predicted octanol–water partition coefficient (Wildman–Crippen LogP) is 4.14. The van der Waals surface area contributed by atoms with Gasteiger partial charge in [-0.25, -0.2) is 9.97 Å². The fourth-order valence-corrected chi connectivity index (χ4v) is 3.36. The number of fused-ring (bicyclic) bond motifs is 1. The Balaban J connectivity index is 1.55. The largest absolute Gasteiger partial charge is 0.381 e. The van der Waals surface area contributed by atoms with E-state index in [0.717, 1.165) is 54.6 Å². The fraction of sp³-hybridized carbons (Fsp3) is 0.600. The summed E-state index contributed by atoms with van der Waals surface area (Å²) in [5.74, 6) is 1.67. The highest BCUT2D eigenvalue weighted by atomic mass is 35.5. The molecule has 0 spiro atoms. The number of ether oxygens (including phenoxy) is 1. The van der Waals surface area contributed by atoms with Gasteiger partial charge in [0, 0.05) is 24.6 Å². The average Bonchev–Trinajstić information content (AvgIpc) is 3.20. The Kier molecular flexibility index (Phi) is 4.93. The number of thiophene rings is 1. The molecule has 6 heteroatoms. The van der Waals surface area contributed by atoms with Crippen molar-refractivity contribution in [2.75, 3.05) is 25.1 Å². The zero-order valence-electron chi connectivity index (χ0n) is 12.2. The smallest absolute Gasteiger partial charge is 0.225 e. The molecule has 3 rings (SSSR count). The van der Waals surface area contributed by atoms with Gasteiger partial charge in [-0.05, 0) is 49.3 Å². The zero-order chi connectivity index (χ0) is 14.7. The van der Waals surface area contributed by atoms with Gasteiger partial charge in [0.25, 0.3) is 0 Å². The first kappa shape index (κ1) is 15.0. The maximum Gasteiger partial charge on any atom is 0.225 e. The molecule has 0 aliphatic heterocycles. The van der Waals surface area contributed by atoms with E-state index in [9.17, 15) is 0 Å². The summed E-state index contributed by atoms with van der Waals surface area (Å²) in [5, 5.41) is 4.74. The molecule has 0 bridgehead atoms. The van der Waals surface area contributed by atoms with Crippen LogP contribution in [-0.4, -0.2) is 29.7 Å². The van der Waals surface area contributed by atoms with E-state index in [2.05, 4.69) is 28.3 Å². The number of nitrogens with one attached hydrogen (secondary N) is 1. The molecule has 114 valence electrons. The standard InChI is InChI=1S/C15H20ClN3OS/c1-2-11-8-12-13(18-15(16)19-14(12)21-11)17-6-3-7-20-9-10-4-5-10/h8,10H,2-7,9H2,1H3,(H,17,18,19). The molecule has 2 aromatic rings. The van der Waals surface area contributed by atoms with Crippen molar-refractivity contribution < 1.29 is 4.74 Å². The number of hydrogen-bond donors (Lipinski definition) is 1. The Morgan fingerprint density at radius 1 is 1.43 bits per heavy atom. The Bertz CT molecular complexity index is 612. The summed E-state index contributed by atoms with van der Waals surface area (Å²) in [6, 6.07) is 2.16. The SMILES string of the molecule is CCc1cc2c(NCCCOCC3CC3)nc(Cl)nc2s1. The Labute approximate surface area is 133 Å². The summed E-state index contributed by atoms with van der Waals surface area (Å²) in [6.45, 7) is 4.71. The molecule has 4 nitrogen and oxygen atoms in total. The molecule has 2 aromatic heterocycles. The monoisotopic (exact) mass is 325 g/mol. The lowest BCUT2D eigenvalue weighted by Gasteiger charge is -2.07. The third-order valence-corrected chi connectivity index (χ3v) is 4.92. The summed E-state index contributed by atoms with van der Waals surface area (Å²) in [4.78, 5) is 10.9.